The number of allylic oxidation sites excluding steroid dienone is 1. The van der Waals surface area contributed by atoms with Gasteiger partial charge in [-0.3, -0.25) is 0 Å². The van der Waals surface area contributed by atoms with Crippen LogP contribution in [0.25, 0.3) is 0 Å². The molecule has 0 spiro atoms. The molecule has 2 atom stereocenters. The topological polar surface area (TPSA) is 9.23 Å². The third-order valence-corrected chi connectivity index (χ3v) is 1.22. The van der Waals surface area contributed by atoms with Gasteiger partial charge in [-0.1, -0.05) is 13.2 Å². The van der Waals surface area contributed by atoms with Crippen LogP contribution in [0.2, 0.25) is 0 Å². The maximum Gasteiger partial charge on any atom is 0.165 e. The lowest BCUT2D eigenvalue weighted by Gasteiger charge is -2.11. The Kier molecular flexibility index (Phi) is 4.47. The molecular formula is C8H11F3O. The summed E-state index contributed by atoms with van der Waals surface area (Å²) in [5.74, 6) is -1.24. The Morgan fingerprint density at radius 2 is 1.92 bits per heavy atom. The van der Waals surface area contributed by atoms with Crippen LogP contribution in [-0.4, -0.2) is 19.0 Å². The molecule has 1 unspecified atom stereocenters. The second-order valence-corrected chi connectivity index (χ2v) is 2.33. The van der Waals surface area contributed by atoms with Gasteiger partial charge in [-0.25, -0.2) is 13.2 Å². The van der Waals surface area contributed by atoms with Crippen LogP contribution in [0.15, 0.2) is 24.7 Å². The predicted molar refractivity (Wildman–Crippen MR) is 40.8 cm³/mol. The third kappa shape index (κ3) is 4.05. The Balaban J connectivity index is 3.69. The van der Waals surface area contributed by atoms with Gasteiger partial charge in [-0.05, 0) is 6.92 Å². The van der Waals surface area contributed by atoms with Gasteiger partial charge >= 0.3 is 0 Å². The molecule has 0 heterocycles. The second kappa shape index (κ2) is 4.85. The van der Waals surface area contributed by atoms with Crippen molar-refractivity contribution in [3.63, 3.8) is 0 Å². The zero-order valence-corrected chi connectivity index (χ0v) is 6.82. The summed E-state index contributed by atoms with van der Waals surface area (Å²) in [4.78, 5) is 0. The smallest absolute Gasteiger partial charge is 0.165 e. The van der Waals surface area contributed by atoms with Crippen molar-refractivity contribution in [2.24, 2.45) is 0 Å². The Labute approximate surface area is 69.5 Å². The molecule has 0 aliphatic rings. The van der Waals surface area contributed by atoms with E-state index < -0.39 is 24.8 Å². The molecule has 0 saturated heterocycles. The zero-order valence-electron chi connectivity index (χ0n) is 6.82. The molecule has 0 bridgehead atoms. The summed E-state index contributed by atoms with van der Waals surface area (Å²) in [6.45, 7) is 6.48. The third-order valence-electron chi connectivity index (χ3n) is 1.22. The van der Waals surface area contributed by atoms with E-state index in [1.54, 1.807) is 0 Å². The predicted octanol–water partition coefficient (Wildman–Crippen LogP) is 2.70. The van der Waals surface area contributed by atoms with E-state index in [0.29, 0.717) is 0 Å². The van der Waals surface area contributed by atoms with E-state index in [2.05, 4.69) is 17.9 Å². The quantitative estimate of drug-likeness (QED) is 0.467. The van der Waals surface area contributed by atoms with Crippen LogP contribution in [0.1, 0.15) is 6.92 Å². The van der Waals surface area contributed by atoms with Crippen LogP contribution in [0, 0.1) is 0 Å². The van der Waals surface area contributed by atoms with E-state index in [-0.39, 0.29) is 5.76 Å². The molecule has 1 nitrogen and oxygen atoms in total. The normalized spacial score (nSPS) is 15.0. The average molecular weight is 180 g/mol. The highest BCUT2D eigenvalue weighted by molar-refractivity contribution is 5.10. The summed E-state index contributed by atoms with van der Waals surface area (Å²) in [6.07, 6.45) is -3.40. The molecule has 12 heavy (non-hydrogen) atoms. The van der Waals surface area contributed by atoms with Gasteiger partial charge in [-0.15, -0.1) is 0 Å². The highest BCUT2D eigenvalue weighted by Crippen LogP contribution is 2.11. The van der Waals surface area contributed by atoms with E-state index >= 15 is 0 Å². The van der Waals surface area contributed by atoms with Gasteiger partial charge in [0.2, 0.25) is 0 Å². The molecule has 0 N–H and O–H groups in total. The highest BCUT2D eigenvalue weighted by atomic mass is 19.2. The first kappa shape index (κ1) is 11.1. The Bertz CT molecular complexity index is 177. The summed E-state index contributed by atoms with van der Waals surface area (Å²) in [6, 6.07) is 0. The fourth-order valence-corrected chi connectivity index (χ4v) is 0.391. The number of hydrogen-bond acceptors (Lipinski definition) is 1. The monoisotopic (exact) mass is 180 g/mol. The molecule has 0 aromatic heterocycles. The van der Waals surface area contributed by atoms with Gasteiger partial charge in [0.05, 0.1) is 0 Å². The van der Waals surface area contributed by atoms with Gasteiger partial charge in [0.15, 0.2) is 12.0 Å². The minimum atomic E-state index is -1.76. The van der Waals surface area contributed by atoms with Crippen LogP contribution in [0.5, 0.6) is 0 Å². The Hall–Kier alpha value is -0.930. The van der Waals surface area contributed by atoms with E-state index in [0.717, 1.165) is 6.92 Å². The van der Waals surface area contributed by atoms with Crippen molar-refractivity contribution in [3.8, 4) is 0 Å². The summed E-state index contributed by atoms with van der Waals surface area (Å²) in [5, 5.41) is 0. The lowest BCUT2D eigenvalue weighted by molar-refractivity contribution is 0.0833. The first-order valence-electron chi connectivity index (χ1n) is 3.39. The number of halogens is 3. The van der Waals surface area contributed by atoms with Crippen LogP contribution in [-0.2, 0) is 4.74 Å². The number of ether oxygens (including phenoxy) is 1. The van der Waals surface area contributed by atoms with Crippen molar-refractivity contribution in [2.75, 3.05) is 6.61 Å². The lowest BCUT2D eigenvalue weighted by Crippen LogP contribution is -2.19. The highest BCUT2D eigenvalue weighted by Gasteiger charge is 2.16. The summed E-state index contributed by atoms with van der Waals surface area (Å²) >= 11 is 0. The van der Waals surface area contributed by atoms with Gasteiger partial charge in [0.1, 0.15) is 18.5 Å². The molecule has 0 fully saturated rings. The number of rotatable bonds is 5. The molecule has 0 amide bonds. The van der Waals surface area contributed by atoms with Crippen LogP contribution in [0.3, 0.4) is 0 Å². The summed E-state index contributed by atoms with van der Waals surface area (Å²) < 4.78 is 41.2. The Morgan fingerprint density at radius 3 is 2.25 bits per heavy atom. The van der Waals surface area contributed by atoms with Gasteiger partial charge in [0, 0.05) is 0 Å². The minimum Gasteiger partial charge on any atom is -0.488 e. The first-order valence-corrected chi connectivity index (χ1v) is 3.39. The largest absolute Gasteiger partial charge is 0.488 e. The fourth-order valence-electron chi connectivity index (χ4n) is 0.391. The fraction of sp³-hybridized carbons (Fsp3) is 0.500. The van der Waals surface area contributed by atoms with E-state index in [1.165, 1.54) is 0 Å². The summed E-state index contributed by atoms with van der Waals surface area (Å²) in [5.41, 5.74) is 0. The van der Waals surface area contributed by atoms with Gasteiger partial charge < -0.3 is 4.74 Å². The van der Waals surface area contributed by atoms with Gasteiger partial charge in [0.25, 0.3) is 0 Å². The number of alkyl halides is 2. The van der Waals surface area contributed by atoms with Crippen LogP contribution >= 0.6 is 0 Å². The molecule has 0 aliphatic carbocycles. The standard InChI is InChI=1S/C8H11F3O/c1-5(9)7(3)12-4-8(11)6(2)10/h6,8H,1,3-4H2,2H3/t6?,8-/m0/s1. The zero-order chi connectivity index (χ0) is 9.72. The SMILES string of the molecule is C=C(F)C(=C)OC[C@H](F)C(C)F. The average Bonchev–Trinajstić information content (AvgIpc) is 1.98. The van der Waals surface area contributed by atoms with E-state index in [1.807, 2.05) is 0 Å². The second-order valence-electron chi connectivity index (χ2n) is 2.33. The molecule has 0 saturated carbocycles. The molecule has 4 heteroatoms. The maximum atomic E-state index is 12.5. The van der Waals surface area contributed by atoms with Gasteiger partial charge in [-0.2, -0.15) is 0 Å². The van der Waals surface area contributed by atoms with E-state index in [9.17, 15) is 13.2 Å². The molecule has 0 aromatic rings. The van der Waals surface area contributed by atoms with Crippen molar-refractivity contribution >= 4 is 0 Å². The minimum absolute atomic E-state index is 0.363. The van der Waals surface area contributed by atoms with Crippen molar-refractivity contribution < 1.29 is 17.9 Å². The molecule has 70 valence electrons. The maximum absolute atomic E-state index is 12.5. The molecule has 0 radical (unpaired) electrons. The lowest BCUT2D eigenvalue weighted by atomic mass is 10.3. The first-order chi connectivity index (χ1) is 5.45. The van der Waals surface area contributed by atoms with Crippen molar-refractivity contribution in [2.45, 2.75) is 19.3 Å². The molecule has 0 aliphatic heterocycles. The molecule has 0 rings (SSSR count). The van der Waals surface area contributed by atoms with E-state index in [4.69, 9.17) is 0 Å². The Morgan fingerprint density at radius 1 is 1.42 bits per heavy atom. The van der Waals surface area contributed by atoms with Crippen molar-refractivity contribution in [1.82, 2.24) is 0 Å². The number of hydrogen-bond donors (Lipinski definition) is 0. The summed E-state index contributed by atoms with van der Waals surface area (Å²) in [7, 11) is 0. The van der Waals surface area contributed by atoms with Crippen LogP contribution < -0.4 is 0 Å². The molecular weight excluding hydrogens is 169 g/mol. The van der Waals surface area contributed by atoms with Crippen molar-refractivity contribution in [3.05, 3.63) is 24.7 Å². The van der Waals surface area contributed by atoms with Crippen LogP contribution in [0.4, 0.5) is 13.2 Å². The van der Waals surface area contributed by atoms with Crippen molar-refractivity contribution in [1.29, 1.82) is 0 Å². The molecule has 0 aromatic carbocycles.